The van der Waals surface area contributed by atoms with E-state index < -0.39 is 0 Å². The van der Waals surface area contributed by atoms with Gasteiger partial charge in [-0.1, -0.05) is 25.3 Å². The number of aromatic nitrogens is 3. The van der Waals surface area contributed by atoms with Crippen LogP contribution in [-0.4, -0.2) is 59.8 Å². The van der Waals surface area contributed by atoms with Gasteiger partial charge in [0.2, 0.25) is 5.95 Å². The molecule has 0 bridgehead atoms. The number of piperazine rings is 1. The molecule has 2 aromatic heterocycles. The standard InChI is InChI=1S/C29H33N7O/c1-6-20(2)31-22-9-7-8-21(16-22)24-19-35(4)26-18-30-29(33-28(24)26)32-25-11-10-23(17-27(25)37-5)36-14-12-34(3)13-15-36/h6-11,16-19,31H,1-2,12-15H2,3-5H3,(H,30,32,33). The fourth-order valence-corrected chi connectivity index (χ4v) is 4.59. The van der Waals surface area contributed by atoms with Crippen molar-refractivity contribution in [1.29, 1.82) is 0 Å². The Morgan fingerprint density at radius 1 is 1.08 bits per heavy atom. The first-order valence-electron chi connectivity index (χ1n) is 12.3. The van der Waals surface area contributed by atoms with Gasteiger partial charge in [0.1, 0.15) is 11.3 Å². The van der Waals surface area contributed by atoms with Crippen LogP contribution in [0.3, 0.4) is 0 Å². The number of likely N-dealkylation sites (N-methyl/N-ethyl adjacent to an activating group) is 1. The topological polar surface area (TPSA) is 70.5 Å². The molecular formula is C29H33N7O. The number of anilines is 4. The van der Waals surface area contributed by atoms with E-state index in [9.17, 15) is 0 Å². The molecule has 1 aliphatic rings. The first-order chi connectivity index (χ1) is 17.9. The Balaban J connectivity index is 1.44. The molecule has 8 nitrogen and oxygen atoms in total. The van der Waals surface area contributed by atoms with Crippen LogP contribution < -0.4 is 20.3 Å². The van der Waals surface area contributed by atoms with Gasteiger partial charge in [-0.25, -0.2) is 9.97 Å². The third-order valence-electron chi connectivity index (χ3n) is 6.75. The van der Waals surface area contributed by atoms with E-state index in [1.807, 2.05) is 36.0 Å². The van der Waals surface area contributed by atoms with Crippen molar-refractivity contribution in [2.75, 3.05) is 55.9 Å². The summed E-state index contributed by atoms with van der Waals surface area (Å²) >= 11 is 0. The molecule has 1 fully saturated rings. The van der Waals surface area contributed by atoms with Crippen molar-refractivity contribution in [3.8, 4) is 16.9 Å². The van der Waals surface area contributed by atoms with Crippen molar-refractivity contribution in [3.05, 3.63) is 79.8 Å². The Bertz CT molecular complexity index is 1450. The van der Waals surface area contributed by atoms with Crippen LogP contribution in [-0.2, 0) is 7.05 Å². The number of aryl methyl sites for hydroxylation is 1. The second kappa shape index (κ2) is 10.4. The molecule has 4 aromatic rings. The number of hydrogen-bond donors (Lipinski definition) is 2. The number of nitrogens with one attached hydrogen (secondary N) is 2. The molecule has 190 valence electrons. The minimum Gasteiger partial charge on any atom is -0.494 e. The summed E-state index contributed by atoms with van der Waals surface area (Å²) in [5, 5.41) is 6.63. The van der Waals surface area contributed by atoms with Crippen LogP contribution in [0.2, 0.25) is 0 Å². The van der Waals surface area contributed by atoms with E-state index in [-0.39, 0.29) is 0 Å². The summed E-state index contributed by atoms with van der Waals surface area (Å²) in [4.78, 5) is 14.2. The Morgan fingerprint density at radius 3 is 2.65 bits per heavy atom. The molecule has 5 rings (SSSR count). The highest BCUT2D eigenvalue weighted by molar-refractivity contribution is 5.94. The second-order valence-electron chi connectivity index (χ2n) is 9.32. The van der Waals surface area contributed by atoms with Gasteiger partial charge in [0.05, 0.1) is 24.5 Å². The van der Waals surface area contributed by atoms with Crippen LogP contribution in [0.4, 0.5) is 23.0 Å². The summed E-state index contributed by atoms with van der Waals surface area (Å²) < 4.78 is 7.77. The second-order valence-corrected chi connectivity index (χ2v) is 9.32. The van der Waals surface area contributed by atoms with Gasteiger partial charge in [-0.05, 0) is 43.0 Å². The molecule has 8 heteroatoms. The average Bonchev–Trinajstić information content (AvgIpc) is 3.25. The number of allylic oxidation sites excluding steroid dienone is 1. The lowest BCUT2D eigenvalue weighted by atomic mass is 10.1. The van der Waals surface area contributed by atoms with E-state index in [1.165, 1.54) is 0 Å². The van der Waals surface area contributed by atoms with Crippen molar-refractivity contribution in [1.82, 2.24) is 19.4 Å². The molecule has 1 aliphatic heterocycles. The van der Waals surface area contributed by atoms with Crippen LogP contribution in [0.5, 0.6) is 5.75 Å². The lowest BCUT2D eigenvalue weighted by Gasteiger charge is -2.34. The van der Waals surface area contributed by atoms with E-state index in [2.05, 4.69) is 76.1 Å². The van der Waals surface area contributed by atoms with Crippen molar-refractivity contribution >= 4 is 34.0 Å². The Morgan fingerprint density at radius 2 is 1.89 bits per heavy atom. The molecule has 0 atom stereocenters. The number of nitrogens with zero attached hydrogens (tertiary/aromatic N) is 5. The highest BCUT2D eigenvalue weighted by Gasteiger charge is 2.17. The molecule has 1 saturated heterocycles. The molecular weight excluding hydrogens is 462 g/mol. The zero-order valence-corrected chi connectivity index (χ0v) is 21.7. The fraction of sp³-hybridized carbons (Fsp3) is 0.241. The zero-order valence-electron chi connectivity index (χ0n) is 21.7. The van der Waals surface area contributed by atoms with Crippen LogP contribution in [0.1, 0.15) is 0 Å². The monoisotopic (exact) mass is 495 g/mol. The summed E-state index contributed by atoms with van der Waals surface area (Å²) in [5.74, 6) is 1.27. The van der Waals surface area contributed by atoms with E-state index in [4.69, 9.17) is 9.72 Å². The summed E-state index contributed by atoms with van der Waals surface area (Å²) in [7, 11) is 5.85. The first-order valence-corrected chi connectivity index (χ1v) is 12.3. The third kappa shape index (κ3) is 5.15. The number of methoxy groups -OCH3 is 1. The number of rotatable bonds is 8. The van der Waals surface area contributed by atoms with Gasteiger partial charge < -0.3 is 29.7 Å². The van der Waals surface area contributed by atoms with Gasteiger partial charge in [-0.15, -0.1) is 0 Å². The lowest BCUT2D eigenvalue weighted by Crippen LogP contribution is -2.44. The molecule has 0 radical (unpaired) electrons. The van der Waals surface area contributed by atoms with E-state index in [0.29, 0.717) is 5.95 Å². The number of fused-ring (bicyclic) bond motifs is 1. The Hall–Kier alpha value is -4.30. The molecule has 2 N–H and O–H groups in total. The summed E-state index contributed by atoms with van der Waals surface area (Å²) in [6.07, 6.45) is 5.62. The smallest absolute Gasteiger partial charge is 0.227 e. The van der Waals surface area contributed by atoms with E-state index in [1.54, 1.807) is 13.2 Å². The maximum atomic E-state index is 5.73. The SMILES string of the molecule is C=CC(=C)Nc1cccc(-c2cn(C)c3cnc(Nc4ccc(N5CCN(C)CC5)cc4OC)nc23)c1. The maximum Gasteiger partial charge on any atom is 0.227 e. The highest BCUT2D eigenvalue weighted by Crippen LogP contribution is 2.34. The lowest BCUT2D eigenvalue weighted by molar-refractivity contribution is 0.312. The maximum absolute atomic E-state index is 5.73. The fourth-order valence-electron chi connectivity index (χ4n) is 4.59. The Labute approximate surface area is 217 Å². The average molecular weight is 496 g/mol. The third-order valence-corrected chi connectivity index (χ3v) is 6.75. The van der Waals surface area contributed by atoms with Crippen LogP contribution in [0, 0.1) is 0 Å². The normalized spacial score (nSPS) is 14.0. The largest absolute Gasteiger partial charge is 0.494 e. The van der Waals surface area contributed by atoms with Crippen LogP contribution in [0.25, 0.3) is 22.2 Å². The van der Waals surface area contributed by atoms with Gasteiger partial charge in [-0.2, -0.15) is 0 Å². The van der Waals surface area contributed by atoms with Gasteiger partial charge >= 0.3 is 0 Å². The summed E-state index contributed by atoms with van der Waals surface area (Å²) in [6.45, 7) is 11.8. The predicted molar refractivity (Wildman–Crippen MR) is 153 cm³/mol. The molecule has 0 saturated carbocycles. The molecule has 3 heterocycles. The number of ether oxygens (including phenoxy) is 1. The van der Waals surface area contributed by atoms with Gasteiger partial charge in [0.15, 0.2) is 0 Å². The van der Waals surface area contributed by atoms with Crippen LogP contribution in [0.15, 0.2) is 79.8 Å². The van der Waals surface area contributed by atoms with E-state index in [0.717, 1.165) is 76.8 Å². The Kier molecular flexibility index (Phi) is 6.83. The van der Waals surface area contributed by atoms with Crippen molar-refractivity contribution in [3.63, 3.8) is 0 Å². The van der Waals surface area contributed by atoms with Gasteiger partial charge in [0.25, 0.3) is 0 Å². The molecule has 0 spiro atoms. The van der Waals surface area contributed by atoms with Gasteiger partial charge in [-0.3, -0.25) is 0 Å². The highest BCUT2D eigenvalue weighted by atomic mass is 16.5. The van der Waals surface area contributed by atoms with Gasteiger partial charge in [0, 0.05) is 68.1 Å². The number of hydrogen-bond acceptors (Lipinski definition) is 7. The van der Waals surface area contributed by atoms with Crippen LogP contribution >= 0.6 is 0 Å². The molecule has 0 aliphatic carbocycles. The molecule has 0 unspecified atom stereocenters. The van der Waals surface area contributed by atoms with Crippen molar-refractivity contribution in [2.24, 2.45) is 7.05 Å². The minimum absolute atomic E-state index is 0.514. The van der Waals surface area contributed by atoms with E-state index >= 15 is 0 Å². The van der Waals surface area contributed by atoms with Crippen molar-refractivity contribution in [2.45, 2.75) is 0 Å². The van der Waals surface area contributed by atoms with Crippen molar-refractivity contribution < 1.29 is 4.74 Å². The molecule has 2 aromatic carbocycles. The predicted octanol–water partition coefficient (Wildman–Crippen LogP) is 5.25. The number of benzene rings is 2. The molecule has 0 amide bonds. The summed E-state index contributed by atoms with van der Waals surface area (Å²) in [5.41, 5.74) is 7.56. The summed E-state index contributed by atoms with van der Waals surface area (Å²) in [6, 6.07) is 14.4. The molecule has 37 heavy (non-hydrogen) atoms. The zero-order chi connectivity index (χ0) is 25.9. The quantitative estimate of drug-likeness (QED) is 0.324. The first kappa shape index (κ1) is 24.4. The minimum atomic E-state index is 0.514.